The third-order valence-corrected chi connectivity index (χ3v) is 8.71. The molecule has 0 aliphatic carbocycles. The van der Waals surface area contributed by atoms with Crippen LogP contribution in [0.15, 0.2) is 63.8 Å². The Kier molecular flexibility index (Phi) is 13.6. The monoisotopic (exact) mass is 687 g/mol. The van der Waals surface area contributed by atoms with Crippen molar-refractivity contribution in [2.75, 3.05) is 11.5 Å². The number of thioether (sulfide) groups is 2. The van der Waals surface area contributed by atoms with Crippen molar-refractivity contribution < 1.29 is 51.5 Å². The summed E-state index contributed by atoms with van der Waals surface area (Å²) in [5, 5.41) is 2.10. The average Bonchev–Trinajstić information content (AvgIpc) is 2.84. The SMILES string of the molecule is C=CCSc1ccc(SCC(CC(OS(=O)(=O)O)c2c(N=C=S)ccc(COS(=O)(=O)O)c2C)OS(=O)(=O)O)cc1. The zero-order valence-electron chi connectivity index (χ0n) is 21.1. The lowest BCUT2D eigenvalue weighted by atomic mass is 9.94. The summed E-state index contributed by atoms with van der Waals surface area (Å²) in [6, 6.07) is 9.82. The van der Waals surface area contributed by atoms with Gasteiger partial charge in [-0.1, -0.05) is 12.1 Å². The van der Waals surface area contributed by atoms with Crippen LogP contribution in [-0.4, -0.2) is 61.7 Å². The number of nitrogens with zero attached hydrogens (tertiary/aromatic N) is 1. The first-order valence-electron chi connectivity index (χ1n) is 11.1. The molecule has 19 heteroatoms. The standard InChI is InChI=1S/C22H25NO12S6/c1-3-10-37-18-5-7-19(8-6-18)38-13-17(34-40(27,28)29)11-21(35-41(30,31)32)22-15(2)16(12-33-39(24,25)26)4-9-20(22)23-14-36/h3-9,17,21H,1,10-13H2,2H3,(H,24,25,26)(H,27,28,29)(H,30,31,32). The summed E-state index contributed by atoms with van der Waals surface area (Å²) in [7, 11) is -15.1. The van der Waals surface area contributed by atoms with Gasteiger partial charge in [-0.05, 0) is 60.6 Å². The van der Waals surface area contributed by atoms with Gasteiger partial charge in [0.25, 0.3) is 0 Å². The Labute approximate surface area is 252 Å². The second kappa shape index (κ2) is 15.7. The maximum atomic E-state index is 11.8. The van der Waals surface area contributed by atoms with Crippen molar-refractivity contribution in [2.24, 2.45) is 4.99 Å². The molecule has 41 heavy (non-hydrogen) atoms. The minimum Gasteiger partial charge on any atom is -0.264 e. The minimum absolute atomic E-state index is 0.0207. The van der Waals surface area contributed by atoms with E-state index < -0.39 is 56.4 Å². The van der Waals surface area contributed by atoms with Crippen molar-refractivity contribution >= 4 is 77.8 Å². The Morgan fingerprint density at radius 3 is 2.05 bits per heavy atom. The van der Waals surface area contributed by atoms with E-state index in [-0.39, 0.29) is 28.1 Å². The Bertz CT molecular complexity index is 1590. The molecule has 2 atom stereocenters. The van der Waals surface area contributed by atoms with Gasteiger partial charge in [-0.15, -0.1) is 30.1 Å². The predicted molar refractivity (Wildman–Crippen MR) is 157 cm³/mol. The molecule has 0 saturated carbocycles. The molecule has 2 aromatic carbocycles. The van der Waals surface area contributed by atoms with E-state index >= 15 is 0 Å². The third-order valence-electron chi connectivity index (χ3n) is 5.06. The Balaban J connectivity index is 2.49. The first-order chi connectivity index (χ1) is 19.0. The molecule has 0 saturated heterocycles. The largest absolute Gasteiger partial charge is 0.397 e. The fourth-order valence-electron chi connectivity index (χ4n) is 3.48. The molecule has 226 valence electrons. The minimum atomic E-state index is -5.18. The Hall–Kier alpha value is -1.71. The highest BCUT2D eigenvalue weighted by Gasteiger charge is 2.31. The zero-order chi connectivity index (χ0) is 30.8. The van der Waals surface area contributed by atoms with E-state index in [0.29, 0.717) is 10.6 Å². The number of aliphatic imine (C=N–C) groups is 1. The van der Waals surface area contributed by atoms with Crippen LogP contribution < -0.4 is 0 Å². The van der Waals surface area contributed by atoms with Gasteiger partial charge >= 0.3 is 31.2 Å². The van der Waals surface area contributed by atoms with Crippen LogP contribution in [0.1, 0.15) is 29.2 Å². The molecule has 0 spiro atoms. The molecular weight excluding hydrogens is 663 g/mol. The van der Waals surface area contributed by atoms with Gasteiger partial charge in [0.1, 0.15) is 6.10 Å². The van der Waals surface area contributed by atoms with Crippen LogP contribution in [0.5, 0.6) is 0 Å². The van der Waals surface area contributed by atoms with Crippen molar-refractivity contribution in [3.63, 3.8) is 0 Å². The molecule has 3 N–H and O–H groups in total. The van der Waals surface area contributed by atoms with Crippen LogP contribution in [0.2, 0.25) is 0 Å². The number of benzene rings is 2. The zero-order valence-corrected chi connectivity index (χ0v) is 26.0. The lowest BCUT2D eigenvalue weighted by Gasteiger charge is -2.25. The van der Waals surface area contributed by atoms with Crippen LogP contribution in [0.25, 0.3) is 0 Å². The second-order valence-corrected chi connectivity index (χ2v) is 13.5. The molecular formula is C22H25NO12S6. The quantitative estimate of drug-likeness (QED) is 0.0686. The van der Waals surface area contributed by atoms with Crippen molar-refractivity contribution in [3.05, 3.63) is 65.7 Å². The molecule has 2 aromatic rings. The van der Waals surface area contributed by atoms with E-state index in [4.69, 9.17) is 12.9 Å². The van der Waals surface area contributed by atoms with Crippen LogP contribution in [0, 0.1) is 6.92 Å². The highest BCUT2D eigenvalue weighted by Crippen LogP contribution is 2.38. The molecule has 0 aliphatic rings. The van der Waals surface area contributed by atoms with Crippen molar-refractivity contribution in [1.82, 2.24) is 0 Å². The van der Waals surface area contributed by atoms with Gasteiger partial charge in [0.2, 0.25) is 0 Å². The fourth-order valence-corrected chi connectivity index (χ4v) is 6.45. The van der Waals surface area contributed by atoms with Crippen LogP contribution >= 0.6 is 35.7 Å². The molecule has 0 aliphatic heterocycles. The first-order valence-corrected chi connectivity index (χ1v) is 17.6. The summed E-state index contributed by atoms with van der Waals surface area (Å²) in [6.07, 6.45) is -1.94. The smallest absolute Gasteiger partial charge is 0.264 e. The molecule has 0 amide bonds. The molecule has 0 heterocycles. The van der Waals surface area contributed by atoms with E-state index in [9.17, 15) is 34.4 Å². The van der Waals surface area contributed by atoms with E-state index in [1.807, 2.05) is 12.1 Å². The van der Waals surface area contributed by atoms with Gasteiger partial charge in [0, 0.05) is 33.3 Å². The Morgan fingerprint density at radius 2 is 1.54 bits per heavy atom. The normalized spacial score (nSPS) is 13.8. The fraction of sp³-hybridized carbons (Fsp3) is 0.318. The number of isothiocyanates is 1. The van der Waals surface area contributed by atoms with E-state index in [1.165, 1.54) is 19.1 Å². The summed E-state index contributed by atoms with van der Waals surface area (Å²) in [5.74, 6) is 0.560. The maximum Gasteiger partial charge on any atom is 0.397 e. The van der Waals surface area contributed by atoms with E-state index in [2.05, 4.69) is 33.1 Å². The van der Waals surface area contributed by atoms with Crippen LogP contribution in [0.4, 0.5) is 5.69 Å². The maximum absolute atomic E-state index is 11.8. The topological polar surface area (TPSA) is 203 Å². The highest BCUT2D eigenvalue weighted by atomic mass is 32.3. The third kappa shape index (κ3) is 13.4. The summed E-state index contributed by atoms with van der Waals surface area (Å²) < 4.78 is 111. The molecule has 0 fully saturated rings. The number of hydrogen-bond acceptors (Lipinski definition) is 13. The summed E-state index contributed by atoms with van der Waals surface area (Å²) >= 11 is 7.32. The first kappa shape index (κ1) is 35.5. The van der Waals surface area contributed by atoms with Crippen LogP contribution in [-0.2, 0) is 50.4 Å². The molecule has 0 bridgehead atoms. The van der Waals surface area contributed by atoms with Gasteiger partial charge < -0.3 is 0 Å². The van der Waals surface area contributed by atoms with E-state index in [0.717, 1.165) is 16.7 Å². The Morgan fingerprint density at radius 1 is 0.951 bits per heavy atom. The molecule has 2 rings (SSSR count). The summed E-state index contributed by atoms with van der Waals surface area (Å²) in [5.41, 5.74) is 0.169. The summed E-state index contributed by atoms with van der Waals surface area (Å²) in [4.78, 5) is 5.50. The van der Waals surface area contributed by atoms with Crippen molar-refractivity contribution in [2.45, 2.75) is 42.0 Å². The summed E-state index contributed by atoms with van der Waals surface area (Å²) in [6.45, 7) is 4.38. The average molecular weight is 688 g/mol. The highest BCUT2D eigenvalue weighted by molar-refractivity contribution is 7.99. The van der Waals surface area contributed by atoms with Crippen molar-refractivity contribution in [3.8, 4) is 0 Å². The van der Waals surface area contributed by atoms with Gasteiger partial charge in [-0.3, -0.25) is 13.7 Å². The number of rotatable bonds is 17. The number of thiocarbonyl (C=S) groups is 1. The molecule has 13 nitrogen and oxygen atoms in total. The van der Waals surface area contributed by atoms with Gasteiger partial charge in [0.15, 0.2) is 0 Å². The van der Waals surface area contributed by atoms with Gasteiger partial charge in [-0.25, -0.2) is 12.5 Å². The second-order valence-electron chi connectivity index (χ2n) is 7.95. The lowest BCUT2D eigenvalue weighted by Crippen LogP contribution is -2.26. The predicted octanol–water partition coefficient (Wildman–Crippen LogP) is 4.56. The van der Waals surface area contributed by atoms with Crippen LogP contribution in [0.3, 0.4) is 0 Å². The van der Waals surface area contributed by atoms with Gasteiger partial charge in [-0.2, -0.15) is 30.2 Å². The van der Waals surface area contributed by atoms with Crippen molar-refractivity contribution in [1.29, 1.82) is 0 Å². The van der Waals surface area contributed by atoms with E-state index in [1.54, 1.807) is 30.0 Å². The lowest BCUT2D eigenvalue weighted by molar-refractivity contribution is 0.112. The molecule has 0 aromatic heterocycles. The number of hydrogen-bond donors (Lipinski definition) is 3. The van der Waals surface area contributed by atoms with Gasteiger partial charge in [0.05, 0.1) is 23.6 Å². The molecule has 0 radical (unpaired) electrons. The molecule has 2 unspecified atom stereocenters.